The molecule has 1 aromatic carbocycles. The lowest BCUT2D eigenvalue weighted by Crippen LogP contribution is -2.24. The van der Waals surface area contributed by atoms with Crippen molar-refractivity contribution in [2.24, 2.45) is 0 Å². The molecule has 0 bridgehead atoms. The zero-order valence-electron chi connectivity index (χ0n) is 10.5. The van der Waals surface area contributed by atoms with E-state index in [2.05, 4.69) is 5.92 Å². The molecule has 0 unspecified atom stereocenters. The molecule has 1 aromatic rings. The van der Waals surface area contributed by atoms with Crippen molar-refractivity contribution in [1.82, 2.24) is 0 Å². The van der Waals surface area contributed by atoms with Gasteiger partial charge in [-0.05, 0) is 38.1 Å². The molecule has 0 aliphatic heterocycles. The maximum absolute atomic E-state index is 10.6. The van der Waals surface area contributed by atoms with Gasteiger partial charge in [-0.25, -0.2) is 4.79 Å². The Morgan fingerprint density at radius 3 is 2.44 bits per heavy atom. The van der Waals surface area contributed by atoms with Gasteiger partial charge in [0.1, 0.15) is 18.0 Å². The zero-order valence-corrected chi connectivity index (χ0v) is 10.5. The maximum Gasteiger partial charge on any atom is 0.335 e. The van der Waals surface area contributed by atoms with Crippen molar-refractivity contribution in [2.75, 3.05) is 13.2 Å². The van der Waals surface area contributed by atoms with Crippen LogP contribution in [-0.4, -0.2) is 29.9 Å². The maximum atomic E-state index is 10.6. The van der Waals surface area contributed by atoms with Gasteiger partial charge in [0.15, 0.2) is 0 Å². The number of benzene rings is 1. The van der Waals surface area contributed by atoms with Gasteiger partial charge in [-0.1, -0.05) is 5.92 Å². The van der Waals surface area contributed by atoms with E-state index in [0.717, 1.165) is 0 Å². The zero-order chi connectivity index (χ0) is 13.6. The number of carboxylic acids is 1. The van der Waals surface area contributed by atoms with Crippen LogP contribution in [0.2, 0.25) is 0 Å². The van der Waals surface area contributed by atoms with E-state index in [4.69, 9.17) is 21.0 Å². The van der Waals surface area contributed by atoms with E-state index < -0.39 is 11.6 Å². The van der Waals surface area contributed by atoms with Crippen molar-refractivity contribution in [3.8, 4) is 18.1 Å². The molecule has 0 atom stereocenters. The molecule has 0 aliphatic rings. The van der Waals surface area contributed by atoms with Crippen LogP contribution >= 0.6 is 0 Å². The van der Waals surface area contributed by atoms with Crippen LogP contribution in [0, 0.1) is 12.3 Å². The predicted molar refractivity (Wildman–Crippen MR) is 67.8 cm³/mol. The van der Waals surface area contributed by atoms with Gasteiger partial charge < -0.3 is 14.6 Å². The molecule has 0 aromatic heterocycles. The van der Waals surface area contributed by atoms with Crippen LogP contribution in [0.3, 0.4) is 0 Å². The summed E-state index contributed by atoms with van der Waals surface area (Å²) in [6.07, 6.45) is 5.27. The summed E-state index contributed by atoms with van der Waals surface area (Å²) in [4.78, 5) is 10.6. The fraction of sp³-hybridized carbons (Fsp3) is 0.357. The first-order valence-electron chi connectivity index (χ1n) is 5.52. The monoisotopic (exact) mass is 248 g/mol. The minimum absolute atomic E-state index is 0.229. The van der Waals surface area contributed by atoms with Crippen molar-refractivity contribution >= 4 is 5.97 Å². The molecule has 4 nitrogen and oxygen atoms in total. The highest BCUT2D eigenvalue weighted by molar-refractivity contribution is 5.87. The number of hydrogen-bond donors (Lipinski definition) is 1. The van der Waals surface area contributed by atoms with Gasteiger partial charge in [-0.3, -0.25) is 0 Å². The van der Waals surface area contributed by atoms with Crippen molar-refractivity contribution in [3.05, 3.63) is 29.8 Å². The van der Waals surface area contributed by atoms with Gasteiger partial charge in [0.25, 0.3) is 0 Å². The molecule has 0 heterocycles. The Balaban J connectivity index is 2.37. The van der Waals surface area contributed by atoms with E-state index in [0.29, 0.717) is 19.0 Å². The fourth-order valence-corrected chi connectivity index (χ4v) is 1.19. The summed E-state index contributed by atoms with van der Waals surface area (Å²) in [6.45, 7) is 4.33. The number of ether oxygens (including phenoxy) is 2. The largest absolute Gasteiger partial charge is 0.491 e. The second-order valence-corrected chi connectivity index (χ2v) is 4.18. The normalized spacial score (nSPS) is 10.7. The molecule has 0 fully saturated rings. The van der Waals surface area contributed by atoms with E-state index in [9.17, 15) is 4.79 Å². The van der Waals surface area contributed by atoms with Gasteiger partial charge in [-0.2, -0.15) is 0 Å². The quantitative estimate of drug-likeness (QED) is 0.619. The van der Waals surface area contributed by atoms with E-state index >= 15 is 0 Å². The summed E-state index contributed by atoms with van der Waals surface area (Å²) in [6, 6.07) is 6.19. The Bertz CT molecular complexity index is 440. The van der Waals surface area contributed by atoms with Gasteiger partial charge >= 0.3 is 5.97 Å². The third-order valence-corrected chi connectivity index (χ3v) is 2.26. The Kier molecular flexibility index (Phi) is 4.75. The lowest BCUT2D eigenvalue weighted by molar-refractivity contribution is 0.0105. The van der Waals surface area contributed by atoms with Crippen LogP contribution in [0.5, 0.6) is 5.75 Å². The molecule has 18 heavy (non-hydrogen) atoms. The third-order valence-electron chi connectivity index (χ3n) is 2.26. The van der Waals surface area contributed by atoms with Crippen LogP contribution in [0.1, 0.15) is 24.2 Å². The standard InChI is InChI=1S/C14H16O4/c1-4-14(2,3)18-10-9-17-12-7-5-11(6-8-12)13(15)16/h1,5-8H,9-10H2,2-3H3,(H,15,16). The van der Waals surface area contributed by atoms with Crippen LogP contribution in [0.25, 0.3) is 0 Å². The average molecular weight is 248 g/mol. The lowest BCUT2D eigenvalue weighted by Gasteiger charge is -2.18. The van der Waals surface area contributed by atoms with E-state index in [1.165, 1.54) is 12.1 Å². The molecule has 4 heteroatoms. The van der Waals surface area contributed by atoms with Crippen molar-refractivity contribution in [3.63, 3.8) is 0 Å². The van der Waals surface area contributed by atoms with E-state index in [1.54, 1.807) is 26.0 Å². The molecule has 0 aliphatic carbocycles. The highest BCUT2D eigenvalue weighted by atomic mass is 16.5. The molecule has 0 amide bonds. The Morgan fingerprint density at radius 1 is 1.33 bits per heavy atom. The van der Waals surface area contributed by atoms with Crippen LogP contribution in [0.4, 0.5) is 0 Å². The smallest absolute Gasteiger partial charge is 0.335 e. The van der Waals surface area contributed by atoms with Gasteiger partial charge in [0.05, 0.1) is 12.2 Å². The SMILES string of the molecule is C#CC(C)(C)OCCOc1ccc(C(=O)O)cc1. The molecular weight excluding hydrogens is 232 g/mol. The summed E-state index contributed by atoms with van der Waals surface area (Å²) in [5, 5.41) is 8.73. The number of aromatic carboxylic acids is 1. The van der Waals surface area contributed by atoms with Crippen LogP contribution in [-0.2, 0) is 4.74 Å². The second-order valence-electron chi connectivity index (χ2n) is 4.18. The number of terminal acetylenes is 1. The predicted octanol–water partition coefficient (Wildman–Crippen LogP) is 2.19. The first kappa shape index (κ1) is 14.1. The van der Waals surface area contributed by atoms with Gasteiger partial charge in [0.2, 0.25) is 0 Å². The Labute approximate surface area is 107 Å². The highest BCUT2D eigenvalue weighted by Crippen LogP contribution is 2.12. The second kappa shape index (κ2) is 6.08. The molecule has 1 N–H and O–H groups in total. The number of hydrogen-bond acceptors (Lipinski definition) is 3. The van der Waals surface area contributed by atoms with Crippen molar-refractivity contribution in [1.29, 1.82) is 0 Å². The lowest BCUT2D eigenvalue weighted by atomic mass is 10.1. The molecule has 0 saturated heterocycles. The minimum atomic E-state index is -0.958. The summed E-state index contributed by atoms with van der Waals surface area (Å²) in [7, 11) is 0. The molecular formula is C14H16O4. The molecule has 0 saturated carbocycles. The van der Waals surface area contributed by atoms with Crippen molar-refractivity contribution < 1.29 is 19.4 Å². The number of carboxylic acid groups (broad SMARTS) is 1. The highest BCUT2D eigenvalue weighted by Gasteiger charge is 2.13. The molecule has 0 radical (unpaired) electrons. The topological polar surface area (TPSA) is 55.8 Å². The fourth-order valence-electron chi connectivity index (χ4n) is 1.19. The van der Waals surface area contributed by atoms with Crippen molar-refractivity contribution in [2.45, 2.75) is 19.4 Å². The summed E-state index contributed by atoms with van der Waals surface area (Å²) < 4.78 is 10.8. The number of rotatable bonds is 6. The third kappa shape index (κ3) is 4.48. The first-order valence-corrected chi connectivity index (χ1v) is 5.52. The van der Waals surface area contributed by atoms with E-state index in [1.807, 2.05) is 0 Å². The van der Waals surface area contributed by atoms with E-state index in [-0.39, 0.29) is 5.56 Å². The average Bonchev–Trinajstić information content (AvgIpc) is 2.35. The summed E-state index contributed by atoms with van der Waals surface area (Å²) in [5.41, 5.74) is -0.372. The van der Waals surface area contributed by atoms with Gasteiger partial charge in [-0.15, -0.1) is 6.42 Å². The molecule has 1 rings (SSSR count). The first-order chi connectivity index (χ1) is 8.44. The van der Waals surface area contributed by atoms with Crippen LogP contribution in [0.15, 0.2) is 24.3 Å². The minimum Gasteiger partial charge on any atom is -0.491 e. The van der Waals surface area contributed by atoms with Crippen LogP contribution < -0.4 is 4.74 Å². The Hall–Kier alpha value is -1.99. The Morgan fingerprint density at radius 2 is 1.94 bits per heavy atom. The summed E-state index contributed by atoms with van der Waals surface area (Å²) in [5.74, 6) is 2.16. The molecule has 0 spiro atoms. The number of carbonyl (C=O) groups is 1. The van der Waals surface area contributed by atoms with Gasteiger partial charge in [0, 0.05) is 0 Å². The molecule has 96 valence electrons. The summed E-state index contributed by atoms with van der Waals surface area (Å²) >= 11 is 0.